The molecule has 96 valence electrons. The molecule has 0 amide bonds. The first-order chi connectivity index (χ1) is 9.33. The van der Waals surface area contributed by atoms with Crippen molar-refractivity contribution in [1.82, 2.24) is 9.97 Å². The number of rotatable bonds is 4. The Balaban J connectivity index is 2.13. The molecule has 0 saturated carbocycles. The molecule has 1 aromatic heterocycles. The largest absolute Gasteiger partial charge is 0.332 e. The highest BCUT2D eigenvalue weighted by Gasteiger charge is 2.27. The van der Waals surface area contributed by atoms with Crippen molar-refractivity contribution in [2.45, 2.75) is 0 Å². The number of hydrogen-bond acceptors (Lipinski definition) is 4. The van der Waals surface area contributed by atoms with Gasteiger partial charge in [-0.1, -0.05) is 24.3 Å². The summed E-state index contributed by atoms with van der Waals surface area (Å²) in [7, 11) is 0. The van der Waals surface area contributed by atoms with Gasteiger partial charge in [-0.15, -0.1) is 13.2 Å². The lowest BCUT2D eigenvalue weighted by molar-refractivity contribution is 0.834. The van der Waals surface area contributed by atoms with Crippen molar-refractivity contribution in [3.8, 4) is 0 Å². The number of hydrogen-bond donors (Lipinski definition) is 0. The second kappa shape index (κ2) is 4.72. The van der Waals surface area contributed by atoms with Crippen LogP contribution in [0, 0.1) is 0 Å². The number of benzene rings is 1. The summed E-state index contributed by atoms with van der Waals surface area (Å²) >= 11 is 0. The molecule has 3 rings (SSSR count). The summed E-state index contributed by atoms with van der Waals surface area (Å²) in [4.78, 5) is 13.8. The van der Waals surface area contributed by atoms with Gasteiger partial charge in [0.25, 0.3) is 0 Å². The zero-order chi connectivity index (χ0) is 13.2. The Hall–Kier alpha value is -2.36. The minimum Gasteiger partial charge on any atom is -0.332 e. The third-order valence-corrected chi connectivity index (χ3v) is 3.17. The van der Waals surface area contributed by atoms with Crippen molar-refractivity contribution in [3.63, 3.8) is 0 Å². The van der Waals surface area contributed by atoms with E-state index in [4.69, 9.17) is 9.97 Å². The van der Waals surface area contributed by atoms with Gasteiger partial charge in [-0.05, 0) is 12.1 Å². The Morgan fingerprint density at radius 3 is 1.84 bits per heavy atom. The van der Waals surface area contributed by atoms with Gasteiger partial charge >= 0.3 is 0 Å². The van der Waals surface area contributed by atoms with Crippen LogP contribution in [0.2, 0.25) is 0 Å². The van der Waals surface area contributed by atoms with Crippen molar-refractivity contribution in [2.24, 2.45) is 0 Å². The molecule has 2 heterocycles. The molecule has 1 aliphatic rings. The summed E-state index contributed by atoms with van der Waals surface area (Å²) in [5.41, 5.74) is 1.85. The number of anilines is 2. The summed E-state index contributed by atoms with van der Waals surface area (Å²) in [5, 5.41) is 0. The molecule has 0 atom stereocenters. The van der Waals surface area contributed by atoms with E-state index < -0.39 is 0 Å². The standard InChI is InChI=1S/C15H16N4/c1-3-9-18-11-19(10-4-2)15-14(18)16-12-7-5-6-8-13(12)17-15/h3-8H,1-2,9-11H2. The Kier molecular flexibility index (Phi) is 2.91. The number of fused-ring (bicyclic) bond motifs is 2. The topological polar surface area (TPSA) is 32.3 Å². The molecule has 0 fully saturated rings. The van der Waals surface area contributed by atoms with Gasteiger partial charge < -0.3 is 9.80 Å². The van der Waals surface area contributed by atoms with Crippen molar-refractivity contribution in [3.05, 3.63) is 49.6 Å². The molecule has 1 aromatic carbocycles. The first kappa shape index (κ1) is 11.7. The van der Waals surface area contributed by atoms with Gasteiger partial charge in [-0.2, -0.15) is 0 Å². The SMILES string of the molecule is C=CCN1CN(CC=C)c2nc3ccccc3nc21. The van der Waals surface area contributed by atoms with E-state index in [-0.39, 0.29) is 0 Å². The third-order valence-electron chi connectivity index (χ3n) is 3.17. The van der Waals surface area contributed by atoms with Crippen LogP contribution in [0.15, 0.2) is 49.6 Å². The van der Waals surface area contributed by atoms with Gasteiger partial charge in [0.15, 0.2) is 11.6 Å². The minimum absolute atomic E-state index is 0.771. The lowest BCUT2D eigenvalue weighted by Crippen LogP contribution is -2.31. The van der Waals surface area contributed by atoms with Crippen LogP contribution in [-0.2, 0) is 0 Å². The Morgan fingerprint density at radius 1 is 0.947 bits per heavy atom. The predicted molar refractivity (Wildman–Crippen MR) is 79.5 cm³/mol. The Labute approximate surface area is 112 Å². The van der Waals surface area contributed by atoms with Crippen LogP contribution >= 0.6 is 0 Å². The number of aromatic nitrogens is 2. The lowest BCUT2D eigenvalue weighted by Gasteiger charge is -2.17. The molecule has 0 spiro atoms. The van der Waals surface area contributed by atoms with E-state index in [2.05, 4.69) is 23.0 Å². The van der Waals surface area contributed by atoms with Gasteiger partial charge in [0.1, 0.15) is 0 Å². The molecular formula is C15H16N4. The quantitative estimate of drug-likeness (QED) is 0.783. The van der Waals surface area contributed by atoms with Crippen molar-refractivity contribution in [2.75, 3.05) is 29.6 Å². The molecule has 4 nitrogen and oxygen atoms in total. The zero-order valence-electron chi connectivity index (χ0n) is 10.8. The maximum Gasteiger partial charge on any atom is 0.174 e. The molecule has 0 N–H and O–H groups in total. The van der Waals surface area contributed by atoms with Crippen LogP contribution < -0.4 is 9.80 Å². The molecule has 0 aliphatic carbocycles. The van der Waals surface area contributed by atoms with Gasteiger partial charge in [0, 0.05) is 13.1 Å². The summed E-state index contributed by atoms with van der Waals surface area (Å²) in [5.74, 6) is 1.86. The highest BCUT2D eigenvalue weighted by molar-refractivity contribution is 5.82. The molecule has 0 bridgehead atoms. The average molecular weight is 252 g/mol. The first-order valence-corrected chi connectivity index (χ1v) is 6.32. The molecule has 0 unspecified atom stereocenters. The normalized spacial score (nSPS) is 13.7. The summed E-state index contributed by atoms with van der Waals surface area (Å²) in [6.07, 6.45) is 3.77. The van der Waals surface area contributed by atoms with E-state index in [1.165, 1.54) is 0 Å². The maximum absolute atomic E-state index is 4.73. The predicted octanol–water partition coefficient (Wildman–Crippen LogP) is 2.59. The fraction of sp³-hybridized carbons (Fsp3) is 0.200. The highest BCUT2D eigenvalue weighted by atomic mass is 15.4. The third kappa shape index (κ3) is 1.95. The van der Waals surface area contributed by atoms with E-state index in [1.54, 1.807) is 0 Å². The second-order valence-corrected chi connectivity index (χ2v) is 4.52. The fourth-order valence-electron chi connectivity index (χ4n) is 2.35. The van der Waals surface area contributed by atoms with E-state index in [0.29, 0.717) is 0 Å². The van der Waals surface area contributed by atoms with E-state index in [1.807, 2.05) is 36.4 Å². The van der Waals surface area contributed by atoms with Crippen molar-refractivity contribution >= 4 is 22.7 Å². The van der Waals surface area contributed by atoms with Crippen LogP contribution in [-0.4, -0.2) is 29.7 Å². The van der Waals surface area contributed by atoms with E-state index >= 15 is 0 Å². The molecule has 0 saturated heterocycles. The summed E-state index contributed by atoms with van der Waals surface area (Å²) < 4.78 is 0. The van der Waals surface area contributed by atoms with Gasteiger partial charge in [-0.3, -0.25) is 0 Å². The lowest BCUT2D eigenvalue weighted by atomic mass is 10.3. The fourth-order valence-corrected chi connectivity index (χ4v) is 2.35. The number of nitrogens with zero attached hydrogens (tertiary/aromatic N) is 4. The monoisotopic (exact) mass is 252 g/mol. The summed E-state index contributed by atoms with van der Waals surface area (Å²) in [6, 6.07) is 7.95. The van der Waals surface area contributed by atoms with Crippen molar-refractivity contribution < 1.29 is 0 Å². The van der Waals surface area contributed by atoms with Crippen LogP contribution in [0.5, 0.6) is 0 Å². The summed E-state index contributed by atoms with van der Waals surface area (Å²) in [6.45, 7) is 9.93. The zero-order valence-corrected chi connectivity index (χ0v) is 10.8. The van der Waals surface area contributed by atoms with Crippen LogP contribution in [0.25, 0.3) is 11.0 Å². The maximum atomic E-state index is 4.73. The van der Waals surface area contributed by atoms with Gasteiger partial charge in [0.2, 0.25) is 0 Å². The molecule has 2 aromatic rings. The van der Waals surface area contributed by atoms with Crippen LogP contribution in [0.4, 0.5) is 11.6 Å². The smallest absolute Gasteiger partial charge is 0.174 e. The Morgan fingerprint density at radius 2 is 1.42 bits per heavy atom. The highest BCUT2D eigenvalue weighted by Crippen LogP contribution is 2.33. The molecular weight excluding hydrogens is 236 g/mol. The molecule has 0 radical (unpaired) electrons. The first-order valence-electron chi connectivity index (χ1n) is 6.32. The minimum atomic E-state index is 0.771. The van der Waals surface area contributed by atoms with Crippen molar-refractivity contribution in [1.29, 1.82) is 0 Å². The Bertz CT molecular complexity index is 581. The molecule has 4 heteroatoms. The van der Waals surface area contributed by atoms with Gasteiger partial charge in [-0.25, -0.2) is 9.97 Å². The molecule has 19 heavy (non-hydrogen) atoms. The second-order valence-electron chi connectivity index (χ2n) is 4.52. The number of para-hydroxylation sites is 2. The van der Waals surface area contributed by atoms with Gasteiger partial charge in [0.05, 0.1) is 17.7 Å². The van der Waals surface area contributed by atoms with E-state index in [0.717, 1.165) is 42.4 Å². The average Bonchev–Trinajstić information content (AvgIpc) is 2.75. The van der Waals surface area contributed by atoms with Crippen LogP contribution in [0.1, 0.15) is 0 Å². The molecule has 1 aliphatic heterocycles. The van der Waals surface area contributed by atoms with Crippen LogP contribution in [0.3, 0.4) is 0 Å². The van der Waals surface area contributed by atoms with E-state index in [9.17, 15) is 0 Å².